The van der Waals surface area contributed by atoms with Crippen LogP contribution in [0.3, 0.4) is 0 Å². The Balaban J connectivity index is 2.34. The fourth-order valence-corrected chi connectivity index (χ4v) is 8.55. The zero-order valence-electron chi connectivity index (χ0n) is 25.6. The largest absolute Gasteiger partial charge is 0.374 e. The molecule has 234 valence electrons. The number of rotatable bonds is 20. The Hall–Kier alpha value is -1.25. The molecule has 0 spiro atoms. The minimum absolute atomic E-state index is 0.136. The zero-order chi connectivity index (χ0) is 30.5. The molecule has 7 atom stereocenters. The number of hydrogen-bond acceptors (Lipinski definition) is 11. The molecule has 2 fully saturated rings. The van der Waals surface area contributed by atoms with Crippen LogP contribution in [0, 0.1) is 17.2 Å². The molecular formula is C27H48N4O8P2. The van der Waals surface area contributed by atoms with Crippen LogP contribution in [-0.4, -0.2) is 98.1 Å². The van der Waals surface area contributed by atoms with Gasteiger partial charge < -0.3 is 32.5 Å². The van der Waals surface area contributed by atoms with Crippen molar-refractivity contribution in [1.29, 1.82) is 5.26 Å². The highest BCUT2D eigenvalue weighted by Crippen LogP contribution is 2.61. The van der Waals surface area contributed by atoms with Crippen LogP contribution in [-0.2, 0) is 37.2 Å². The number of carbonyl (C=O) groups excluding carboxylic acids is 2. The molecule has 1 saturated heterocycles. The van der Waals surface area contributed by atoms with E-state index in [0.717, 1.165) is 12.8 Å². The lowest BCUT2D eigenvalue weighted by molar-refractivity contribution is -0.121. The van der Waals surface area contributed by atoms with Gasteiger partial charge in [0.25, 0.3) is 14.4 Å². The summed E-state index contributed by atoms with van der Waals surface area (Å²) in [5.74, 6) is -0.189. The van der Waals surface area contributed by atoms with E-state index in [1.165, 1.54) is 6.08 Å². The number of nitrogens with one attached hydrogen (secondary N) is 1. The maximum atomic E-state index is 11.9. The SMILES string of the molecule is CCOP(OCC)C1CC1CC1OC(N(C)/C=C\C(=O)NC=O)C(OC)C1OP(OCCC#N)N(C(C)C)C(C)C. The van der Waals surface area contributed by atoms with Crippen molar-refractivity contribution in [2.45, 2.75) is 103 Å². The van der Waals surface area contributed by atoms with Crippen molar-refractivity contribution in [2.24, 2.45) is 5.92 Å². The molecule has 1 aliphatic carbocycles. The number of hydrogen-bond donors (Lipinski definition) is 1. The van der Waals surface area contributed by atoms with Crippen molar-refractivity contribution in [3.8, 4) is 6.07 Å². The topological polar surface area (TPSA) is 132 Å². The van der Waals surface area contributed by atoms with Crippen molar-refractivity contribution in [2.75, 3.05) is 34.0 Å². The lowest BCUT2D eigenvalue weighted by Gasteiger charge is -2.38. The fourth-order valence-electron chi connectivity index (χ4n) is 4.90. The molecule has 1 N–H and O–H groups in total. The first-order valence-electron chi connectivity index (χ1n) is 14.3. The second kappa shape index (κ2) is 18.4. The molecular weight excluding hydrogens is 570 g/mol. The molecule has 0 aromatic heterocycles. The van der Waals surface area contributed by atoms with E-state index in [9.17, 15) is 9.59 Å². The summed E-state index contributed by atoms with van der Waals surface area (Å²) >= 11 is 0. The van der Waals surface area contributed by atoms with E-state index in [2.05, 4.69) is 43.8 Å². The van der Waals surface area contributed by atoms with Gasteiger partial charge in [-0.2, -0.15) is 5.26 Å². The number of ether oxygens (including phenoxy) is 2. The third kappa shape index (κ3) is 10.8. The summed E-state index contributed by atoms with van der Waals surface area (Å²) in [5.41, 5.74) is 0.329. The predicted molar refractivity (Wildman–Crippen MR) is 157 cm³/mol. The zero-order valence-corrected chi connectivity index (χ0v) is 27.4. The van der Waals surface area contributed by atoms with E-state index < -0.39 is 41.2 Å². The lowest BCUT2D eigenvalue weighted by atomic mass is 10.0. The fraction of sp³-hybridized carbons (Fsp3) is 0.815. The molecule has 0 aromatic rings. The minimum atomic E-state index is -1.55. The maximum Gasteiger partial charge on any atom is 0.259 e. The van der Waals surface area contributed by atoms with Crippen molar-refractivity contribution < 1.29 is 37.2 Å². The average molecular weight is 619 g/mol. The molecule has 41 heavy (non-hydrogen) atoms. The van der Waals surface area contributed by atoms with Crippen LogP contribution >= 0.6 is 16.9 Å². The standard InChI is InChI=1S/C27H48N4O8P2/c1-9-35-40(36-10-2)23-17-21(23)16-22-25(39-41(37-15-11-13-28)31(19(3)4)20(5)6)26(34-8)27(38-22)30(7)14-12-24(33)29-18-32/h12,14,18-23,25-27H,9-11,15-17H2,1-8H3,(H,29,32,33)/b14-12-. The first kappa shape index (κ1) is 35.9. The molecule has 7 unspecified atom stereocenters. The van der Waals surface area contributed by atoms with Crippen LogP contribution in [0.4, 0.5) is 0 Å². The summed E-state index contributed by atoms with van der Waals surface area (Å²) in [4.78, 5) is 24.2. The van der Waals surface area contributed by atoms with Crippen LogP contribution in [0.25, 0.3) is 0 Å². The smallest absolute Gasteiger partial charge is 0.259 e. The Morgan fingerprint density at radius 3 is 2.34 bits per heavy atom. The number of likely N-dealkylation sites (N-methyl/N-ethyl adjacent to an activating group) is 1. The molecule has 14 heteroatoms. The Labute approximate surface area is 247 Å². The van der Waals surface area contributed by atoms with Crippen LogP contribution in [0.1, 0.15) is 60.8 Å². The summed E-state index contributed by atoms with van der Waals surface area (Å²) in [7, 11) is 0.873. The van der Waals surface area contributed by atoms with Crippen LogP contribution in [0.5, 0.6) is 0 Å². The summed E-state index contributed by atoms with van der Waals surface area (Å²) < 4.78 is 39.6. The molecule has 1 heterocycles. The van der Waals surface area contributed by atoms with Crippen molar-refractivity contribution in [3.63, 3.8) is 0 Å². The molecule has 12 nitrogen and oxygen atoms in total. The molecule has 0 aromatic carbocycles. The highest BCUT2D eigenvalue weighted by molar-refractivity contribution is 7.48. The maximum absolute atomic E-state index is 11.9. The van der Waals surface area contributed by atoms with Gasteiger partial charge in [0.2, 0.25) is 6.41 Å². The second-order valence-electron chi connectivity index (χ2n) is 10.4. The quantitative estimate of drug-likeness (QED) is 0.0908. The number of nitriles is 1. The average Bonchev–Trinajstić information content (AvgIpc) is 3.60. The van der Waals surface area contributed by atoms with E-state index in [-0.39, 0.29) is 31.2 Å². The summed E-state index contributed by atoms with van der Waals surface area (Å²) in [6.45, 7) is 13.8. The van der Waals surface area contributed by atoms with Crippen LogP contribution in [0.2, 0.25) is 0 Å². The van der Waals surface area contributed by atoms with E-state index in [1.54, 1.807) is 25.3 Å². The van der Waals surface area contributed by atoms with Crippen LogP contribution in [0.15, 0.2) is 12.3 Å². The lowest BCUT2D eigenvalue weighted by Crippen LogP contribution is -2.43. The van der Waals surface area contributed by atoms with Gasteiger partial charge in [-0.15, -0.1) is 0 Å². The Kier molecular flexibility index (Phi) is 16.2. The van der Waals surface area contributed by atoms with Gasteiger partial charge in [-0.3, -0.25) is 14.9 Å². The van der Waals surface area contributed by atoms with Gasteiger partial charge in [-0.05, 0) is 60.3 Å². The Morgan fingerprint density at radius 1 is 1.15 bits per heavy atom. The molecule has 1 aliphatic heterocycles. The second-order valence-corrected chi connectivity index (χ2v) is 13.6. The first-order chi connectivity index (χ1) is 19.6. The third-order valence-electron chi connectivity index (χ3n) is 6.70. The number of imide groups is 1. The van der Waals surface area contributed by atoms with E-state index >= 15 is 0 Å². The molecule has 2 aliphatic rings. The minimum Gasteiger partial charge on any atom is -0.374 e. The van der Waals surface area contributed by atoms with Crippen molar-refractivity contribution in [3.05, 3.63) is 12.3 Å². The number of amides is 2. The Bertz CT molecular complexity index is 863. The summed E-state index contributed by atoms with van der Waals surface area (Å²) in [5, 5.41) is 11.2. The molecule has 2 amide bonds. The molecule has 0 bridgehead atoms. The highest BCUT2D eigenvalue weighted by atomic mass is 31.2. The third-order valence-corrected chi connectivity index (χ3v) is 11.0. The number of methoxy groups -OCH3 is 1. The highest BCUT2D eigenvalue weighted by Gasteiger charge is 2.54. The molecule has 1 saturated carbocycles. The van der Waals surface area contributed by atoms with Gasteiger partial charge >= 0.3 is 0 Å². The van der Waals surface area contributed by atoms with E-state index in [1.807, 2.05) is 13.8 Å². The Morgan fingerprint density at radius 2 is 1.80 bits per heavy atom. The molecule has 0 radical (unpaired) electrons. The van der Waals surface area contributed by atoms with Gasteiger partial charge in [-0.1, -0.05) is 0 Å². The summed E-state index contributed by atoms with van der Waals surface area (Å²) in [6.07, 6.45) is 3.24. The number of carbonyl (C=O) groups is 2. The van der Waals surface area contributed by atoms with Gasteiger partial charge in [0.05, 0.1) is 38.4 Å². The predicted octanol–water partition coefficient (Wildman–Crippen LogP) is 4.27. The van der Waals surface area contributed by atoms with Crippen LogP contribution < -0.4 is 5.32 Å². The van der Waals surface area contributed by atoms with Gasteiger partial charge in [-0.25, -0.2) is 4.67 Å². The van der Waals surface area contributed by atoms with E-state index in [0.29, 0.717) is 31.2 Å². The normalized spacial score (nSPS) is 26.7. The van der Waals surface area contributed by atoms with E-state index in [4.69, 9.17) is 32.8 Å². The van der Waals surface area contributed by atoms with Crippen molar-refractivity contribution >= 4 is 29.2 Å². The van der Waals surface area contributed by atoms with Crippen molar-refractivity contribution in [1.82, 2.24) is 14.9 Å². The molecule has 2 rings (SSSR count). The first-order valence-corrected chi connectivity index (χ1v) is 16.6. The van der Waals surface area contributed by atoms with Gasteiger partial charge in [0, 0.05) is 44.2 Å². The van der Waals surface area contributed by atoms with Gasteiger partial charge in [0.15, 0.2) is 14.6 Å². The monoisotopic (exact) mass is 618 g/mol. The van der Waals surface area contributed by atoms with Gasteiger partial charge in [0.1, 0.15) is 12.2 Å². The number of nitrogens with zero attached hydrogens (tertiary/aromatic N) is 3. The summed E-state index contributed by atoms with van der Waals surface area (Å²) in [6, 6.07) is 2.41.